The van der Waals surface area contributed by atoms with Gasteiger partial charge in [-0.05, 0) is 0 Å². The Kier molecular flexibility index (Phi) is 8.11. The van der Waals surface area contributed by atoms with E-state index in [1.54, 1.807) is 0 Å². The Morgan fingerprint density at radius 3 is 1.15 bits per heavy atom. The van der Waals surface area contributed by atoms with Crippen LogP contribution in [0.25, 0.3) is 0 Å². The van der Waals surface area contributed by atoms with Gasteiger partial charge in [0.1, 0.15) is 0 Å². The van der Waals surface area contributed by atoms with Crippen molar-refractivity contribution >= 4 is 42.9 Å². The van der Waals surface area contributed by atoms with Gasteiger partial charge in [-0.3, -0.25) is 0 Å². The van der Waals surface area contributed by atoms with Crippen LogP contribution in [0.15, 0.2) is 34.5 Å². The molecular formula is C9H15BiS3. The van der Waals surface area contributed by atoms with Crippen LogP contribution in [-0.2, 0) is 0 Å². The van der Waals surface area contributed by atoms with Crippen LogP contribution < -0.4 is 0 Å². The van der Waals surface area contributed by atoms with Crippen LogP contribution >= 0.6 is 25.6 Å². The maximum absolute atomic E-state index is 3.94. The van der Waals surface area contributed by atoms with Crippen LogP contribution in [-0.4, -0.2) is 17.4 Å². The normalized spacial score (nSPS) is 10.2. The van der Waals surface area contributed by atoms with E-state index in [4.69, 9.17) is 0 Å². The predicted molar refractivity (Wildman–Crippen MR) is 73.0 cm³/mol. The summed E-state index contributed by atoms with van der Waals surface area (Å²) in [5.41, 5.74) is 0. The molecule has 0 aromatic rings. The monoisotopic (exact) mass is 428 g/mol. The molecule has 0 N–H and O–H groups in total. The first-order valence-corrected chi connectivity index (χ1v) is 18.8. The predicted octanol–water partition coefficient (Wildman–Crippen LogP) is 4.77. The Balaban J connectivity index is 4.10. The zero-order valence-electron chi connectivity index (χ0n) is 8.29. The molecule has 0 unspecified atom stereocenters. The minimum atomic E-state index is -1.59. The van der Waals surface area contributed by atoms with Crippen molar-refractivity contribution in [1.82, 2.24) is 0 Å². The second-order valence-electron chi connectivity index (χ2n) is 2.60. The summed E-state index contributed by atoms with van der Waals surface area (Å²) in [6, 6.07) is 0. The van der Waals surface area contributed by atoms with E-state index in [0.29, 0.717) is 0 Å². The summed E-state index contributed by atoms with van der Waals surface area (Å²) in [7, 11) is 5.91. The van der Waals surface area contributed by atoms with Gasteiger partial charge in [-0.1, -0.05) is 0 Å². The van der Waals surface area contributed by atoms with Crippen molar-refractivity contribution in [2.45, 2.75) is 20.8 Å². The van der Waals surface area contributed by atoms with Crippen molar-refractivity contribution < 1.29 is 0 Å². The third-order valence-electron chi connectivity index (χ3n) is 0.691. The van der Waals surface area contributed by atoms with Crippen LogP contribution in [0.3, 0.4) is 0 Å². The average Bonchev–Trinajstić information content (AvgIpc) is 1.80. The number of rotatable bonds is 6. The molecule has 0 aromatic heterocycles. The fourth-order valence-corrected chi connectivity index (χ4v) is 34.6. The van der Waals surface area contributed by atoms with Crippen molar-refractivity contribution in [3.63, 3.8) is 0 Å². The molecular weight excluding hydrogens is 413 g/mol. The van der Waals surface area contributed by atoms with E-state index in [0.717, 1.165) is 0 Å². The molecule has 74 valence electrons. The third kappa shape index (κ3) is 9.46. The topological polar surface area (TPSA) is 0 Å². The van der Waals surface area contributed by atoms with Gasteiger partial charge in [0.05, 0.1) is 0 Å². The fourth-order valence-electron chi connectivity index (χ4n) is 0.438. The zero-order valence-corrected chi connectivity index (χ0v) is 14.2. The van der Waals surface area contributed by atoms with Gasteiger partial charge >= 0.3 is 98.1 Å². The molecule has 0 heterocycles. The second kappa shape index (κ2) is 7.45. The van der Waals surface area contributed by atoms with Crippen LogP contribution in [0.5, 0.6) is 0 Å². The van der Waals surface area contributed by atoms with E-state index < -0.39 is 17.4 Å². The molecule has 0 amide bonds. The van der Waals surface area contributed by atoms with Gasteiger partial charge in [0.25, 0.3) is 0 Å². The first-order chi connectivity index (χ1) is 5.91. The molecule has 0 aromatic carbocycles. The molecule has 0 radical (unpaired) electrons. The molecule has 4 heteroatoms. The number of hydrogen-bond acceptors (Lipinski definition) is 3. The molecule has 0 spiro atoms. The van der Waals surface area contributed by atoms with Crippen molar-refractivity contribution in [3.8, 4) is 0 Å². The molecule has 0 saturated carbocycles. The van der Waals surface area contributed by atoms with Crippen LogP contribution in [0.2, 0.25) is 0 Å². The van der Waals surface area contributed by atoms with Gasteiger partial charge in [-0.2, -0.15) is 0 Å². The van der Waals surface area contributed by atoms with E-state index >= 15 is 0 Å². The number of hydrogen-bond donors (Lipinski definition) is 0. The Morgan fingerprint density at radius 2 is 1.00 bits per heavy atom. The van der Waals surface area contributed by atoms with Gasteiger partial charge in [0.2, 0.25) is 0 Å². The van der Waals surface area contributed by atoms with Crippen molar-refractivity contribution in [3.05, 3.63) is 34.5 Å². The molecule has 0 rings (SSSR count). The van der Waals surface area contributed by atoms with Crippen molar-refractivity contribution in [2.24, 2.45) is 0 Å². The van der Waals surface area contributed by atoms with Crippen molar-refractivity contribution in [2.75, 3.05) is 0 Å². The molecule has 0 aliphatic rings. The summed E-state index contributed by atoms with van der Waals surface area (Å²) < 4.78 is 0. The molecule has 0 nitrogen and oxygen atoms in total. The summed E-state index contributed by atoms with van der Waals surface area (Å²) in [5, 5.41) is 0. The Morgan fingerprint density at radius 1 is 0.769 bits per heavy atom. The quantitative estimate of drug-likeness (QED) is 0.560. The molecule has 0 fully saturated rings. The van der Waals surface area contributed by atoms with E-state index in [9.17, 15) is 0 Å². The molecule has 0 aliphatic heterocycles. The molecule has 0 aliphatic carbocycles. The summed E-state index contributed by atoms with van der Waals surface area (Å²) in [6.07, 6.45) is 0. The molecule has 0 bridgehead atoms. The van der Waals surface area contributed by atoms with Gasteiger partial charge in [-0.25, -0.2) is 0 Å². The van der Waals surface area contributed by atoms with Gasteiger partial charge in [0.15, 0.2) is 0 Å². The average molecular weight is 428 g/mol. The maximum atomic E-state index is 3.94. The summed E-state index contributed by atoms with van der Waals surface area (Å²) in [6.45, 7) is 18.0. The Bertz CT molecular complexity index is 185. The second-order valence-corrected chi connectivity index (χ2v) is 29.1. The number of allylic oxidation sites excluding steroid dienone is 3. The van der Waals surface area contributed by atoms with Gasteiger partial charge < -0.3 is 0 Å². The standard InChI is InChI=1S/3C3H6S.Bi/c3*1-3(2)4;/h3*4H,1H2,2H3;/q;;;+3/p-3. The van der Waals surface area contributed by atoms with E-state index in [2.05, 4.69) is 40.5 Å². The van der Waals surface area contributed by atoms with Crippen LogP contribution in [0.1, 0.15) is 20.8 Å². The summed E-state index contributed by atoms with van der Waals surface area (Å²) in [4.78, 5) is 3.67. The van der Waals surface area contributed by atoms with Crippen LogP contribution in [0.4, 0.5) is 0 Å². The fraction of sp³-hybridized carbons (Fsp3) is 0.333. The van der Waals surface area contributed by atoms with Gasteiger partial charge in [-0.15, -0.1) is 0 Å². The van der Waals surface area contributed by atoms with E-state index in [1.165, 1.54) is 14.7 Å². The van der Waals surface area contributed by atoms with Gasteiger partial charge in [0, 0.05) is 0 Å². The van der Waals surface area contributed by atoms with Crippen LogP contribution in [0, 0.1) is 0 Å². The Hall–Kier alpha value is 1.15. The zero-order chi connectivity index (χ0) is 10.4. The summed E-state index contributed by atoms with van der Waals surface area (Å²) in [5.74, 6) is 0. The third-order valence-corrected chi connectivity index (χ3v) is 30.0. The van der Waals surface area contributed by atoms with Crippen molar-refractivity contribution in [1.29, 1.82) is 0 Å². The SMILES string of the molecule is C=C(C)[S][Bi]([S]C(=C)C)[S]C(=C)C. The van der Waals surface area contributed by atoms with E-state index in [-0.39, 0.29) is 0 Å². The first-order valence-electron chi connectivity index (χ1n) is 3.72. The summed E-state index contributed by atoms with van der Waals surface area (Å²) >= 11 is -1.59. The first kappa shape index (κ1) is 14.2. The Labute approximate surface area is 97.1 Å². The molecule has 0 atom stereocenters. The molecule has 0 saturated heterocycles. The minimum absolute atomic E-state index is 1.22. The van der Waals surface area contributed by atoms with E-state index in [1.807, 2.05) is 25.6 Å². The molecule has 13 heavy (non-hydrogen) atoms.